The van der Waals surface area contributed by atoms with Crippen LogP contribution in [0.25, 0.3) is 0 Å². The van der Waals surface area contributed by atoms with Gasteiger partial charge in [0.05, 0.1) is 12.5 Å². The number of benzene rings is 2. The predicted octanol–water partition coefficient (Wildman–Crippen LogP) is 6.13. The number of alkyl halides is 3. The molecule has 9 heteroatoms. The number of carbonyl (C=O) groups excluding carboxylic acids is 2. The van der Waals surface area contributed by atoms with Crippen molar-refractivity contribution in [2.75, 3.05) is 5.32 Å². The number of rotatable bonds is 9. The Labute approximate surface area is 230 Å². The van der Waals surface area contributed by atoms with Crippen LogP contribution in [-0.4, -0.2) is 21.5 Å². The van der Waals surface area contributed by atoms with Gasteiger partial charge in [0.1, 0.15) is 5.78 Å². The number of amides is 1. The van der Waals surface area contributed by atoms with Gasteiger partial charge in [-0.2, -0.15) is 18.3 Å². The smallest absolute Gasteiger partial charge is 0.326 e. The lowest BCUT2D eigenvalue weighted by Crippen LogP contribution is -2.27. The molecule has 1 N–H and O–H groups in total. The van der Waals surface area contributed by atoms with E-state index in [-0.39, 0.29) is 35.5 Å². The number of halogens is 3. The average molecular weight is 552 g/mol. The van der Waals surface area contributed by atoms with Crippen LogP contribution in [0.4, 0.5) is 18.9 Å². The maximum absolute atomic E-state index is 13.6. The van der Waals surface area contributed by atoms with E-state index in [0.29, 0.717) is 23.7 Å². The molecule has 0 saturated heterocycles. The van der Waals surface area contributed by atoms with Crippen LogP contribution in [0.15, 0.2) is 65.5 Å². The minimum atomic E-state index is -4.65. The molecule has 1 heterocycles. The molecule has 0 aliphatic heterocycles. The standard InChI is InChI=1S/C31H32F3N3O3/c1-20(38)30(15-16-30)18-22-5-4-8-25(17-22)35-29(40)28(23-6-2-3-7-23)24-11-9-21(10-12-24)19-37-27(39)14-13-26(36-37)31(32,33)34/h4-5,8-14,17,23,28H,2-3,6-7,15-16,18-19H2,1H3,(H,35,40). The molecule has 6 nitrogen and oxygen atoms in total. The molecule has 3 aromatic rings. The number of nitrogens with one attached hydrogen (secondary N) is 1. The maximum atomic E-state index is 13.6. The maximum Gasteiger partial charge on any atom is 0.435 e. The van der Waals surface area contributed by atoms with Gasteiger partial charge in [-0.05, 0) is 79.8 Å². The fourth-order valence-electron chi connectivity index (χ4n) is 5.82. The van der Waals surface area contributed by atoms with E-state index in [2.05, 4.69) is 10.4 Å². The zero-order valence-electron chi connectivity index (χ0n) is 22.3. The van der Waals surface area contributed by atoms with Crippen LogP contribution in [0.5, 0.6) is 0 Å². The normalized spacial score (nSPS) is 17.4. The first-order valence-corrected chi connectivity index (χ1v) is 13.7. The van der Waals surface area contributed by atoms with E-state index >= 15 is 0 Å². The predicted molar refractivity (Wildman–Crippen MR) is 145 cm³/mol. The fraction of sp³-hybridized carbons (Fsp3) is 0.419. The van der Waals surface area contributed by atoms with Gasteiger partial charge >= 0.3 is 6.18 Å². The zero-order valence-corrected chi connectivity index (χ0v) is 22.3. The number of carbonyl (C=O) groups is 2. The van der Waals surface area contributed by atoms with Crippen molar-refractivity contribution in [1.29, 1.82) is 0 Å². The molecule has 2 aromatic carbocycles. The first-order chi connectivity index (χ1) is 19.0. The number of hydrogen-bond donors (Lipinski definition) is 1. The van der Waals surface area contributed by atoms with E-state index in [1.54, 1.807) is 19.1 Å². The van der Waals surface area contributed by atoms with Crippen molar-refractivity contribution in [3.63, 3.8) is 0 Å². The molecule has 0 bridgehead atoms. The zero-order chi connectivity index (χ0) is 28.5. The molecule has 2 saturated carbocycles. The van der Waals surface area contributed by atoms with Gasteiger partial charge in [-0.1, -0.05) is 49.2 Å². The number of hydrogen-bond acceptors (Lipinski definition) is 4. The molecule has 1 amide bonds. The van der Waals surface area contributed by atoms with E-state index in [9.17, 15) is 27.6 Å². The summed E-state index contributed by atoms with van der Waals surface area (Å²) >= 11 is 0. The van der Waals surface area contributed by atoms with Gasteiger partial charge in [0.25, 0.3) is 5.56 Å². The van der Waals surface area contributed by atoms with Gasteiger partial charge in [-0.25, -0.2) is 4.68 Å². The Morgan fingerprint density at radius 3 is 2.35 bits per heavy atom. The second-order valence-corrected chi connectivity index (χ2v) is 11.2. The van der Waals surface area contributed by atoms with Crippen molar-refractivity contribution in [1.82, 2.24) is 9.78 Å². The summed E-state index contributed by atoms with van der Waals surface area (Å²) < 4.78 is 40.0. The molecule has 2 aliphatic carbocycles. The SMILES string of the molecule is CC(=O)C1(Cc2cccc(NC(=O)C(c3ccc(Cn4nc(C(F)(F)F)ccc4=O)cc3)C3CCCC3)c2)CC1. The second kappa shape index (κ2) is 11.0. The Balaban J connectivity index is 1.33. The highest BCUT2D eigenvalue weighted by atomic mass is 19.4. The summed E-state index contributed by atoms with van der Waals surface area (Å²) in [7, 11) is 0. The lowest BCUT2D eigenvalue weighted by Gasteiger charge is -2.24. The summed E-state index contributed by atoms with van der Waals surface area (Å²) in [5.74, 6) is -0.114. The number of aromatic nitrogens is 2. The lowest BCUT2D eigenvalue weighted by molar-refractivity contribution is -0.142. The molecule has 2 aliphatic rings. The summed E-state index contributed by atoms with van der Waals surface area (Å²) in [4.78, 5) is 37.8. The number of nitrogens with zero attached hydrogens (tertiary/aromatic N) is 2. The largest absolute Gasteiger partial charge is 0.435 e. The van der Waals surface area contributed by atoms with E-state index in [1.165, 1.54) is 0 Å². The van der Waals surface area contributed by atoms with Gasteiger partial charge < -0.3 is 5.32 Å². The summed E-state index contributed by atoms with van der Waals surface area (Å²) in [6.45, 7) is 1.53. The Morgan fingerprint density at radius 2 is 1.73 bits per heavy atom. The van der Waals surface area contributed by atoms with Crippen LogP contribution in [0.1, 0.15) is 73.8 Å². The first-order valence-electron chi connectivity index (χ1n) is 13.7. The summed E-state index contributed by atoms with van der Waals surface area (Å²) in [6, 6.07) is 16.3. The molecule has 1 unspecified atom stereocenters. The molecule has 0 spiro atoms. The van der Waals surface area contributed by atoms with E-state index < -0.39 is 17.4 Å². The first kappa shape index (κ1) is 27.8. The summed E-state index contributed by atoms with van der Waals surface area (Å²) in [5.41, 5.74) is 1.13. The van der Waals surface area contributed by atoms with Gasteiger partial charge in [0.2, 0.25) is 5.91 Å². The third-order valence-electron chi connectivity index (χ3n) is 8.32. The second-order valence-electron chi connectivity index (χ2n) is 11.2. The summed E-state index contributed by atoms with van der Waals surface area (Å²) in [6.07, 6.45) is 1.80. The van der Waals surface area contributed by atoms with Crippen LogP contribution < -0.4 is 10.9 Å². The Bertz CT molecular complexity index is 1450. The highest BCUT2D eigenvalue weighted by molar-refractivity contribution is 5.96. The average Bonchev–Trinajstić information content (AvgIpc) is 3.49. The van der Waals surface area contributed by atoms with Crippen LogP contribution in [0, 0.1) is 11.3 Å². The highest BCUT2D eigenvalue weighted by Gasteiger charge is 2.46. The van der Waals surface area contributed by atoms with Gasteiger partial charge in [-0.3, -0.25) is 14.4 Å². The minimum absolute atomic E-state index is 0.111. The molecule has 210 valence electrons. The van der Waals surface area contributed by atoms with Crippen LogP contribution in [0.3, 0.4) is 0 Å². The molecular weight excluding hydrogens is 519 g/mol. The molecular formula is C31H32F3N3O3. The monoisotopic (exact) mass is 551 g/mol. The Kier molecular flexibility index (Phi) is 7.66. The molecule has 0 radical (unpaired) electrons. The molecule has 2 fully saturated rings. The van der Waals surface area contributed by atoms with Crippen molar-refractivity contribution in [3.8, 4) is 0 Å². The Hall–Kier alpha value is -3.75. The van der Waals surface area contributed by atoms with Gasteiger partial charge in [-0.15, -0.1) is 0 Å². The van der Waals surface area contributed by atoms with Crippen molar-refractivity contribution >= 4 is 17.4 Å². The number of ketones is 1. The number of anilines is 1. The van der Waals surface area contributed by atoms with Crippen molar-refractivity contribution in [2.24, 2.45) is 11.3 Å². The third kappa shape index (κ3) is 6.18. The molecule has 1 atom stereocenters. The third-order valence-corrected chi connectivity index (χ3v) is 8.32. The van der Waals surface area contributed by atoms with Crippen LogP contribution >= 0.6 is 0 Å². The fourth-order valence-corrected chi connectivity index (χ4v) is 5.82. The van der Waals surface area contributed by atoms with Gasteiger partial charge in [0, 0.05) is 17.2 Å². The lowest BCUT2D eigenvalue weighted by atomic mass is 9.83. The Morgan fingerprint density at radius 1 is 1.02 bits per heavy atom. The van der Waals surface area contributed by atoms with Crippen molar-refractivity contribution in [3.05, 3.63) is 93.4 Å². The minimum Gasteiger partial charge on any atom is -0.326 e. The van der Waals surface area contributed by atoms with Crippen LogP contribution in [0.2, 0.25) is 0 Å². The number of Topliss-reactive ketones (excluding diaryl/α,β-unsaturated/α-hetero) is 1. The highest BCUT2D eigenvalue weighted by Crippen LogP contribution is 2.49. The van der Waals surface area contributed by atoms with E-state index in [4.69, 9.17) is 0 Å². The summed E-state index contributed by atoms with van der Waals surface area (Å²) in [5, 5.41) is 6.56. The van der Waals surface area contributed by atoms with Crippen LogP contribution in [-0.2, 0) is 28.7 Å². The van der Waals surface area contributed by atoms with E-state index in [0.717, 1.165) is 60.4 Å². The molecule has 5 rings (SSSR count). The quantitative estimate of drug-likeness (QED) is 0.347. The van der Waals surface area contributed by atoms with Crippen molar-refractivity contribution in [2.45, 2.75) is 70.5 Å². The van der Waals surface area contributed by atoms with E-state index in [1.807, 2.05) is 36.4 Å². The topological polar surface area (TPSA) is 81.1 Å². The van der Waals surface area contributed by atoms with Crippen molar-refractivity contribution < 1.29 is 22.8 Å². The molecule has 1 aromatic heterocycles. The molecule has 40 heavy (non-hydrogen) atoms. The van der Waals surface area contributed by atoms with Gasteiger partial charge in [0.15, 0.2) is 5.69 Å².